The maximum atomic E-state index is 6.25. The molecule has 0 radical (unpaired) electrons. The van der Waals surface area contributed by atoms with Crippen LogP contribution in [0.2, 0.25) is 0 Å². The van der Waals surface area contributed by atoms with Gasteiger partial charge in [0.15, 0.2) is 5.88 Å². The Labute approximate surface area is 210 Å². The van der Waals surface area contributed by atoms with Gasteiger partial charge < -0.3 is 24.5 Å². The third-order valence-corrected chi connectivity index (χ3v) is 6.91. The number of rotatable bonds is 7. The number of allylic oxidation sites excluding steroid dienone is 4. The van der Waals surface area contributed by atoms with Gasteiger partial charge in [-0.3, -0.25) is 4.90 Å². The van der Waals surface area contributed by atoms with Gasteiger partial charge in [-0.2, -0.15) is 0 Å². The zero-order chi connectivity index (χ0) is 24.5. The number of benzene rings is 1. The second-order valence-corrected chi connectivity index (χ2v) is 9.28. The smallest absolute Gasteiger partial charge is 0.188 e. The summed E-state index contributed by atoms with van der Waals surface area (Å²) in [5.74, 6) is 2.29. The van der Waals surface area contributed by atoms with Crippen molar-refractivity contribution in [2.45, 2.75) is 19.4 Å². The summed E-state index contributed by atoms with van der Waals surface area (Å²) in [5.41, 5.74) is 4.93. The highest BCUT2D eigenvalue weighted by molar-refractivity contribution is 6.11. The first-order valence-electron chi connectivity index (χ1n) is 12.5. The minimum Gasteiger partial charge on any atom is -0.497 e. The Morgan fingerprint density at radius 2 is 2.06 bits per heavy atom. The van der Waals surface area contributed by atoms with E-state index in [4.69, 9.17) is 24.2 Å². The molecule has 0 amide bonds. The van der Waals surface area contributed by atoms with Crippen LogP contribution >= 0.6 is 0 Å². The molecule has 1 unspecified atom stereocenters. The van der Waals surface area contributed by atoms with Gasteiger partial charge in [-0.05, 0) is 37.1 Å². The number of nitrogens with one attached hydrogen (secondary N) is 2. The van der Waals surface area contributed by atoms with Crippen LogP contribution in [0, 0.1) is 6.92 Å². The van der Waals surface area contributed by atoms with E-state index in [0.29, 0.717) is 6.61 Å². The Bertz CT molecular complexity index is 1410. The quantitative estimate of drug-likeness (QED) is 0.492. The molecule has 6 rings (SSSR count). The molecule has 2 aliphatic heterocycles. The summed E-state index contributed by atoms with van der Waals surface area (Å²) in [6, 6.07) is 6.05. The van der Waals surface area contributed by atoms with E-state index in [1.165, 1.54) is 0 Å². The third kappa shape index (κ3) is 4.38. The van der Waals surface area contributed by atoms with Crippen LogP contribution in [-0.2, 0) is 9.47 Å². The third-order valence-electron chi connectivity index (χ3n) is 6.91. The molecule has 186 valence electrons. The molecule has 2 aromatic heterocycles. The Kier molecular flexibility index (Phi) is 6.21. The maximum Gasteiger partial charge on any atom is 0.188 e. The average molecular weight is 486 g/mol. The van der Waals surface area contributed by atoms with Crippen molar-refractivity contribution in [2.75, 3.05) is 46.6 Å². The number of morpholine rings is 1. The predicted octanol–water partition coefficient (Wildman–Crippen LogP) is 3.86. The van der Waals surface area contributed by atoms with E-state index in [2.05, 4.69) is 45.6 Å². The standard InChI is InChI=1S/C28H31N5O3/c1-18-29-27(26-22-16-19(34-2)8-9-24(22)32-28(26)30-18)21-17-25(31-23-7-4-3-6-20(21)23)36-13-5-10-33-11-14-35-15-12-33/h3-4,6-9,16-17,23,31H,5,10-15H2,1-2H3,(H,29,30,32). The fourth-order valence-corrected chi connectivity index (χ4v) is 5.12. The molecule has 1 atom stereocenters. The van der Waals surface area contributed by atoms with Crippen LogP contribution in [0.25, 0.3) is 27.5 Å². The molecule has 0 bridgehead atoms. The summed E-state index contributed by atoms with van der Waals surface area (Å²) >= 11 is 0. The number of ether oxygens (including phenoxy) is 3. The molecule has 8 heteroatoms. The maximum absolute atomic E-state index is 6.25. The molecule has 1 aromatic carbocycles. The zero-order valence-corrected chi connectivity index (χ0v) is 20.7. The number of dihydropyridines is 1. The molecule has 2 N–H and O–H groups in total. The van der Waals surface area contributed by atoms with Gasteiger partial charge >= 0.3 is 0 Å². The first-order chi connectivity index (χ1) is 17.7. The Hall–Kier alpha value is -3.62. The molecule has 4 heterocycles. The van der Waals surface area contributed by atoms with Gasteiger partial charge in [-0.15, -0.1) is 0 Å². The highest BCUT2D eigenvalue weighted by Crippen LogP contribution is 2.37. The van der Waals surface area contributed by atoms with E-state index < -0.39 is 0 Å². The number of hydrogen-bond acceptors (Lipinski definition) is 7. The van der Waals surface area contributed by atoms with E-state index in [1.807, 2.05) is 25.1 Å². The van der Waals surface area contributed by atoms with Gasteiger partial charge in [0.25, 0.3) is 0 Å². The van der Waals surface area contributed by atoms with Crippen molar-refractivity contribution >= 4 is 27.5 Å². The molecule has 8 nitrogen and oxygen atoms in total. The topological polar surface area (TPSA) is 84.5 Å². The summed E-state index contributed by atoms with van der Waals surface area (Å²) in [6.45, 7) is 7.22. The van der Waals surface area contributed by atoms with Gasteiger partial charge in [-0.1, -0.05) is 24.3 Å². The van der Waals surface area contributed by atoms with Crippen molar-refractivity contribution in [3.63, 3.8) is 0 Å². The average Bonchev–Trinajstić information content (AvgIpc) is 3.28. The van der Waals surface area contributed by atoms with E-state index in [1.54, 1.807) is 7.11 Å². The number of methoxy groups -OCH3 is 1. The lowest BCUT2D eigenvalue weighted by molar-refractivity contribution is 0.0340. The molecular weight excluding hydrogens is 454 g/mol. The number of fused-ring (bicyclic) bond motifs is 4. The van der Waals surface area contributed by atoms with Crippen molar-refractivity contribution in [1.29, 1.82) is 0 Å². The fraction of sp³-hybridized carbons (Fsp3) is 0.357. The molecular formula is C28H31N5O3. The van der Waals surface area contributed by atoms with Crippen molar-refractivity contribution in [3.05, 3.63) is 71.6 Å². The largest absolute Gasteiger partial charge is 0.497 e. The van der Waals surface area contributed by atoms with E-state index in [-0.39, 0.29) is 6.04 Å². The lowest BCUT2D eigenvalue weighted by Gasteiger charge is -2.29. The van der Waals surface area contributed by atoms with Crippen LogP contribution in [0.3, 0.4) is 0 Å². The molecule has 1 aliphatic carbocycles. The first-order valence-corrected chi connectivity index (χ1v) is 12.5. The van der Waals surface area contributed by atoms with Crippen molar-refractivity contribution in [3.8, 4) is 5.75 Å². The normalized spacial score (nSPS) is 19.9. The SMILES string of the molecule is COc1ccc2[nH]c3nc(C)nc(C4=C5C=CC=CC5NC(OCCCN5CCOCC5)=C4)c3c2c1. The van der Waals surface area contributed by atoms with E-state index >= 15 is 0 Å². The zero-order valence-electron chi connectivity index (χ0n) is 20.7. The summed E-state index contributed by atoms with van der Waals surface area (Å²) in [6.07, 6.45) is 11.5. The minimum atomic E-state index is 0.0225. The van der Waals surface area contributed by atoms with Gasteiger partial charge in [-0.25, -0.2) is 9.97 Å². The summed E-state index contributed by atoms with van der Waals surface area (Å²) in [4.78, 5) is 15.6. The van der Waals surface area contributed by atoms with Gasteiger partial charge in [0.2, 0.25) is 0 Å². The van der Waals surface area contributed by atoms with Crippen LogP contribution in [0.15, 0.2) is 60.0 Å². The van der Waals surface area contributed by atoms with Crippen LogP contribution in [0.4, 0.5) is 0 Å². The van der Waals surface area contributed by atoms with Crippen LogP contribution in [-0.4, -0.2) is 72.5 Å². The van der Waals surface area contributed by atoms with Crippen molar-refractivity contribution in [2.24, 2.45) is 0 Å². The van der Waals surface area contributed by atoms with Gasteiger partial charge in [0.05, 0.1) is 44.1 Å². The summed E-state index contributed by atoms with van der Waals surface area (Å²) in [7, 11) is 1.68. The minimum absolute atomic E-state index is 0.0225. The first kappa shape index (κ1) is 22.8. The van der Waals surface area contributed by atoms with Crippen molar-refractivity contribution in [1.82, 2.24) is 25.2 Å². The summed E-state index contributed by atoms with van der Waals surface area (Å²) in [5, 5.41) is 5.57. The second kappa shape index (κ2) is 9.79. The molecule has 3 aromatic rings. The van der Waals surface area contributed by atoms with Crippen LogP contribution in [0.1, 0.15) is 17.9 Å². The van der Waals surface area contributed by atoms with Crippen LogP contribution in [0.5, 0.6) is 5.75 Å². The van der Waals surface area contributed by atoms with E-state index in [0.717, 1.165) is 95.5 Å². The number of H-pyrrole nitrogens is 1. The predicted molar refractivity (Wildman–Crippen MR) is 141 cm³/mol. The molecule has 0 spiro atoms. The monoisotopic (exact) mass is 485 g/mol. The van der Waals surface area contributed by atoms with Crippen molar-refractivity contribution < 1.29 is 14.2 Å². The van der Waals surface area contributed by atoms with Crippen LogP contribution < -0.4 is 10.1 Å². The number of aryl methyl sites for hydroxylation is 1. The number of aromatic amines is 1. The Morgan fingerprint density at radius 1 is 1.17 bits per heavy atom. The van der Waals surface area contributed by atoms with Gasteiger partial charge in [0, 0.05) is 42.2 Å². The molecule has 0 saturated carbocycles. The molecule has 1 fully saturated rings. The highest BCUT2D eigenvalue weighted by Gasteiger charge is 2.26. The summed E-state index contributed by atoms with van der Waals surface area (Å²) < 4.78 is 17.2. The highest BCUT2D eigenvalue weighted by atomic mass is 16.5. The number of aromatic nitrogens is 3. The molecule has 3 aliphatic rings. The lowest BCUT2D eigenvalue weighted by Crippen LogP contribution is -2.37. The Morgan fingerprint density at radius 3 is 2.92 bits per heavy atom. The number of hydrogen-bond donors (Lipinski definition) is 2. The Balaban J connectivity index is 1.36. The molecule has 1 saturated heterocycles. The van der Waals surface area contributed by atoms with Gasteiger partial charge in [0.1, 0.15) is 17.2 Å². The fourth-order valence-electron chi connectivity index (χ4n) is 5.12. The number of nitrogens with zero attached hydrogens (tertiary/aromatic N) is 3. The van der Waals surface area contributed by atoms with E-state index in [9.17, 15) is 0 Å². The second-order valence-electron chi connectivity index (χ2n) is 9.28. The lowest BCUT2D eigenvalue weighted by atomic mass is 9.90. The molecule has 36 heavy (non-hydrogen) atoms.